The first-order valence-electron chi connectivity index (χ1n) is 9.56. The lowest BCUT2D eigenvalue weighted by atomic mass is 10.1. The smallest absolute Gasteiger partial charge is 0.217 e. The standard InChI is InChI=1S/C22H28N2O3/c1-4-26-20-11-7-19(8-12-20)24-14-13-22(15-24)27-21-9-5-18(6-10-21)16(2)23-17(3)25/h5-12,16,22H,4,13-15H2,1-3H3,(H,23,25)/t16-,22-/m0/s1. The highest BCUT2D eigenvalue weighted by Crippen LogP contribution is 2.26. The summed E-state index contributed by atoms with van der Waals surface area (Å²) in [5, 5.41) is 2.89. The molecule has 0 aromatic heterocycles. The molecular formula is C22H28N2O3. The third kappa shape index (κ3) is 5.16. The molecule has 0 aliphatic carbocycles. The molecule has 27 heavy (non-hydrogen) atoms. The number of anilines is 1. The van der Waals surface area contributed by atoms with E-state index in [0.29, 0.717) is 6.61 Å². The van der Waals surface area contributed by atoms with E-state index in [1.54, 1.807) is 0 Å². The largest absolute Gasteiger partial charge is 0.494 e. The number of nitrogens with one attached hydrogen (secondary N) is 1. The van der Waals surface area contributed by atoms with Gasteiger partial charge in [0.1, 0.15) is 17.6 Å². The maximum Gasteiger partial charge on any atom is 0.217 e. The molecule has 1 saturated heterocycles. The van der Waals surface area contributed by atoms with Crippen molar-refractivity contribution in [1.82, 2.24) is 5.32 Å². The van der Waals surface area contributed by atoms with Gasteiger partial charge in [-0.05, 0) is 55.8 Å². The summed E-state index contributed by atoms with van der Waals surface area (Å²) in [6.45, 7) is 8.03. The highest BCUT2D eigenvalue weighted by atomic mass is 16.5. The fraction of sp³-hybridized carbons (Fsp3) is 0.409. The Hall–Kier alpha value is -2.69. The van der Waals surface area contributed by atoms with Crippen LogP contribution in [0.25, 0.3) is 0 Å². The van der Waals surface area contributed by atoms with Crippen LogP contribution in [0.5, 0.6) is 11.5 Å². The van der Waals surface area contributed by atoms with E-state index in [9.17, 15) is 4.79 Å². The number of carbonyl (C=O) groups is 1. The van der Waals surface area contributed by atoms with Gasteiger partial charge in [0.05, 0.1) is 19.2 Å². The normalized spacial score (nSPS) is 17.4. The van der Waals surface area contributed by atoms with Crippen molar-refractivity contribution in [2.75, 3.05) is 24.6 Å². The summed E-state index contributed by atoms with van der Waals surface area (Å²) in [5.41, 5.74) is 2.27. The fourth-order valence-corrected chi connectivity index (χ4v) is 3.39. The maximum atomic E-state index is 11.2. The summed E-state index contributed by atoms with van der Waals surface area (Å²) in [6, 6.07) is 16.2. The molecule has 1 amide bonds. The van der Waals surface area contributed by atoms with Crippen molar-refractivity contribution in [3.8, 4) is 11.5 Å². The van der Waals surface area contributed by atoms with Gasteiger partial charge in [-0.15, -0.1) is 0 Å². The number of nitrogens with zero attached hydrogens (tertiary/aromatic N) is 1. The molecule has 2 aromatic rings. The zero-order chi connectivity index (χ0) is 19.2. The first kappa shape index (κ1) is 19.1. The van der Waals surface area contributed by atoms with E-state index in [4.69, 9.17) is 9.47 Å². The zero-order valence-electron chi connectivity index (χ0n) is 16.3. The molecule has 1 aliphatic heterocycles. The van der Waals surface area contributed by atoms with Crippen LogP contribution in [0.15, 0.2) is 48.5 Å². The Morgan fingerprint density at radius 3 is 2.44 bits per heavy atom. The lowest BCUT2D eigenvalue weighted by Crippen LogP contribution is -2.24. The van der Waals surface area contributed by atoms with Crippen molar-refractivity contribution >= 4 is 11.6 Å². The van der Waals surface area contributed by atoms with Crippen molar-refractivity contribution in [3.63, 3.8) is 0 Å². The highest BCUT2D eigenvalue weighted by Gasteiger charge is 2.24. The average molecular weight is 368 g/mol. The number of ether oxygens (including phenoxy) is 2. The van der Waals surface area contributed by atoms with E-state index < -0.39 is 0 Å². The van der Waals surface area contributed by atoms with Crippen LogP contribution in [-0.4, -0.2) is 31.7 Å². The molecule has 1 N–H and O–H groups in total. The lowest BCUT2D eigenvalue weighted by molar-refractivity contribution is -0.119. The van der Waals surface area contributed by atoms with Gasteiger partial charge in [0.15, 0.2) is 0 Å². The second-order valence-corrected chi connectivity index (χ2v) is 6.89. The van der Waals surface area contributed by atoms with E-state index in [1.807, 2.05) is 50.2 Å². The van der Waals surface area contributed by atoms with Crippen LogP contribution < -0.4 is 19.7 Å². The molecular weight excluding hydrogens is 340 g/mol. The fourth-order valence-electron chi connectivity index (χ4n) is 3.39. The summed E-state index contributed by atoms with van der Waals surface area (Å²) < 4.78 is 11.7. The Kier molecular flexibility index (Phi) is 6.22. The third-order valence-corrected chi connectivity index (χ3v) is 4.76. The number of hydrogen-bond acceptors (Lipinski definition) is 4. The highest BCUT2D eigenvalue weighted by molar-refractivity contribution is 5.73. The number of benzene rings is 2. The maximum absolute atomic E-state index is 11.2. The van der Waals surface area contributed by atoms with Crippen LogP contribution in [0.3, 0.4) is 0 Å². The molecule has 0 bridgehead atoms. The van der Waals surface area contributed by atoms with Crippen LogP contribution in [0.2, 0.25) is 0 Å². The van der Waals surface area contributed by atoms with E-state index >= 15 is 0 Å². The molecule has 1 heterocycles. The van der Waals surface area contributed by atoms with Crippen LogP contribution in [0.4, 0.5) is 5.69 Å². The van der Waals surface area contributed by atoms with Crippen molar-refractivity contribution in [1.29, 1.82) is 0 Å². The molecule has 3 rings (SSSR count). The molecule has 1 aliphatic rings. The predicted octanol–water partition coefficient (Wildman–Crippen LogP) is 3.94. The van der Waals surface area contributed by atoms with Crippen LogP contribution in [0.1, 0.15) is 38.8 Å². The molecule has 1 fully saturated rings. The monoisotopic (exact) mass is 368 g/mol. The van der Waals surface area contributed by atoms with E-state index in [1.165, 1.54) is 12.6 Å². The van der Waals surface area contributed by atoms with Gasteiger partial charge in [-0.1, -0.05) is 12.1 Å². The topological polar surface area (TPSA) is 50.8 Å². The summed E-state index contributed by atoms with van der Waals surface area (Å²) in [5.74, 6) is 1.75. The Labute approximate surface area is 161 Å². The minimum atomic E-state index is -0.0248. The quantitative estimate of drug-likeness (QED) is 0.804. The van der Waals surface area contributed by atoms with Gasteiger partial charge < -0.3 is 19.7 Å². The van der Waals surface area contributed by atoms with Gasteiger partial charge >= 0.3 is 0 Å². The van der Waals surface area contributed by atoms with Crippen molar-refractivity contribution < 1.29 is 14.3 Å². The van der Waals surface area contributed by atoms with E-state index in [2.05, 4.69) is 22.3 Å². The Morgan fingerprint density at radius 1 is 1.15 bits per heavy atom. The summed E-state index contributed by atoms with van der Waals surface area (Å²) >= 11 is 0. The summed E-state index contributed by atoms with van der Waals surface area (Å²) in [6.07, 6.45) is 1.17. The number of amides is 1. The van der Waals surface area contributed by atoms with Crippen molar-refractivity contribution in [2.24, 2.45) is 0 Å². The van der Waals surface area contributed by atoms with Gasteiger partial charge in [0, 0.05) is 25.6 Å². The van der Waals surface area contributed by atoms with Gasteiger partial charge in [0.2, 0.25) is 5.91 Å². The molecule has 0 unspecified atom stereocenters. The SMILES string of the molecule is CCOc1ccc(N2CC[C@H](Oc3ccc([C@H](C)NC(C)=O)cc3)C2)cc1. The van der Waals surface area contributed by atoms with Crippen LogP contribution >= 0.6 is 0 Å². The van der Waals surface area contributed by atoms with E-state index in [0.717, 1.165) is 36.6 Å². The average Bonchev–Trinajstić information content (AvgIpc) is 3.11. The van der Waals surface area contributed by atoms with Crippen LogP contribution in [-0.2, 0) is 4.79 Å². The number of rotatable bonds is 7. The Balaban J connectivity index is 1.54. The molecule has 2 atom stereocenters. The molecule has 2 aromatic carbocycles. The number of carbonyl (C=O) groups excluding carboxylic acids is 1. The van der Waals surface area contributed by atoms with Gasteiger partial charge in [-0.3, -0.25) is 4.79 Å². The third-order valence-electron chi connectivity index (χ3n) is 4.76. The molecule has 5 heteroatoms. The van der Waals surface area contributed by atoms with E-state index in [-0.39, 0.29) is 18.1 Å². The van der Waals surface area contributed by atoms with Gasteiger partial charge in [-0.2, -0.15) is 0 Å². The molecule has 0 radical (unpaired) electrons. The predicted molar refractivity (Wildman–Crippen MR) is 108 cm³/mol. The lowest BCUT2D eigenvalue weighted by Gasteiger charge is -2.20. The minimum Gasteiger partial charge on any atom is -0.494 e. The van der Waals surface area contributed by atoms with Gasteiger partial charge in [-0.25, -0.2) is 0 Å². The van der Waals surface area contributed by atoms with Crippen LogP contribution in [0, 0.1) is 0 Å². The Morgan fingerprint density at radius 2 is 1.81 bits per heavy atom. The molecule has 0 saturated carbocycles. The second kappa shape index (κ2) is 8.80. The van der Waals surface area contributed by atoms with Crippen molar-refractivity contribution in [3.05, 3.63) is 54.1 Å². The molecule has 5 nitrogen and oxygen atoms in total. The second-order valence-electron chi connectivity index (χ2n) is 6.89. The summed E-state index contributed by atoms with van der Waals surface area (Å²) in [4.78, 5) is 13.5. The number of hydrogen-bond donors (Lipinski definition) is 1. The molecule has 144 valence electrons. The molecule has 0 spiro atoms. The Bertz CT molecular complexity index is 743. The zero-order valence-corrected chi connectivity index (χ0v) is 16.3. The van der Waals surface area contributed by atoms with Crippen molar-refractivity contribution in [2.45, 2.75) is 39.3 Å². The summed E-state index contributed by atoms with van der Waals surface area (Å²) in [7, 11) is 0. The van der Waals surface area contributed by atoms with Gasteiger partial charge in [0.25, 0.3) is 0 Å². The first-order valence-corrected chi connectivity index (χ1v) is 9.56. The minimum absolute atomic E-state index is 0.00168. The first-order chi connectivity index (χ1) is 13.0.